The molecule has 0 spiro atoms. The Labute approximate surface area is 125 Å². The molecule has 0 aromatic carbocycles. The van der Waals surface area contributed by atoms with Crippen LogP contribution in [0.3, 0.4) is 0 Å². The van der Waals surface area contributed by atoms with Gasteiger partial charge in [0, 0.05) is 13.0 Å². The lowest BCUT2D eigenvalue weighted by Crippen LogP contribution is -2.12. The van der Waals surface area contributed by atoms with Gasteiger partial charge in [0.1, 0.15) is 0 Å². The van der Waals surface area contributed by atoms with Crippen molar-refractivity contribution < 1.29 is 24.2 Å². The zero-order valence-corrected chi connectivity index (χ0v) is 12.0. The molecule has 2 aromatic rings. The summed E-state index contributed by atoms with van der Waals surface area (Å²) in [6.07, 6.45) is 1.92. The predicted octanol–water partition coefficient (Wildman–Crippen LogP) is -0.230. The summed E-state index contributed by atoms with van der Waals surface area (Å²) in [5, 5.41) is 16.6. The maximum atomic E-state index is 11.7. The molecule has 0 saturated carbocycles. The highest BCUT2D eigenvalue weighted by Crippen LogP contribution is 2.13. The Morgan fingerprint density at radius 2 is 1.77 bits per heavy atom. The van der Waals surface area contributed by atoms with Crippen LogP contribution in [-0.4, -0.2) is 57.8 Å². The van der Waals surface area contributed by atoms with Crippen molar-refractivity contribution in [2.24, 2.45) is 0 Å². The lowest BCUT2D eigenvalue weighted by molar-refractivity contribution is 0.0585. The Balaban J connectivity index is 2.48. The fraction of sp³-hybridized carbons (Fsp3) is 0.308. The van der Waals surface area contributed by atoms with Gasteiger partial charge >= 0.3 is 11.9 Å². The second-order valence-electron chi connectivity index (χ2n) is 4.21. The third-order valence-electron chi connectivity index (χ3n) is 2.77. The number of ether oxygens (including phenoxy) is 2. The highest BCUT2D eigenvalue weighted by Gasteiger charge is 2.17. The molecule has 2 rings (SSSR count). The van der Waals surface area contributed by atoms with Gasteiger partial charge < -0.3 is 14.6 Å². The number of pyridine rings is 1. The molecule has 0 radical (unpaired) electrons. The van der Waals surface area contributed by atoms with Crippen LogP contribution in [0.15, 0.2) is 18.3 Å². The molecule has 116 valence electrons. The van der Waals surface area contributed by atoms with Gasteiger partial charge in [0.15, 0.2) is 11.4 Å². The van der Waals surface area contributed by atoms with Crippen LogP contribution < -0.4 is 0 Å². The van der Waals surface area contributed by atoms with Crippen molar-refractivity contribution in [2.45, 2.75) is 6.42 Å². The summed E-state index contributed by atoms with van der Waals surface area (Å²) in [6.45, 7) is -0.0597. The maximum absolute atomic E-state index is 11.7. The zero-order valence-electron chi connectivity index (χ0n) is 12.0. The first kappa shape index (κ1) is 15.6. The van der Waals surface area contributed by atoms with Gasteiger partial charge in [0.25, 0.3) is 0 Å². The van der Waals surface area contributed by atoms with E-state index in [9.17, 15) is 9.59 Å². The van der Waals surface area contributed by atoms with E-state index in [0.29, 0.717) is 17.8 Å². The highest BCUT2D eigenvalue weighted by atomic mass is 16.5. The molecule has 0 aliphatic carbocycles. The lowest BCUT2D eigenvalue weighted by atomic mass is 10.2. The molecular weight excluding hydrogens is 292 g/mol. The van der Waals surface area contributed by atoms with Crippen LogP contribution in [0, 0.1) is 0 Å². The van der Waals surface area contributed by atoms with Gasteiger partial charge in [-0.1, -0.05) is 5.21 Å². The minimum Gasteiger partial charge on any atom is -0.464 e. The SMILES string of the molecule is COC(=O)c1cc(-n2cc(CCO)nn2)cc(C(=O)OC)n1. The number of nitrogens with zero attached hydrogens (tertiary/aromatic N) is 4. The van der Waals surface area contributed by atoms with E-state index in [1.165, 1.54) is 31.0 Å². The van der Waals surface area contributed by atoms with Crippen LogP contribution in [0.1, 0.15) is 26.7 Å². The summed E-state index contributed by atoms with van der Waals surface area (Å²) >= 11 is 0. The van der Waals surface area contributed by atoms with Crippen LogP contribution in [0.25, 0.3) is 5.69 Å². The van der Waals surface area contributed by atoms with Gasteiger partial charge in [-0.15, -0.1) is 5.10 Å². The van der Waals surface area contributed by atoms with Crippen molar-refractivity contribution in [1.29, 1.82) is 0 Å². The third kappa shape index (κ3) is 3.26. The molecule has 2 aromatic heterocycles. The molecule has 0 aliphatic rings. The zero-order chi connectivity index (χ0) is 16.1. The summed E-state index contributed by atoms with van der Waals surface area (Å²) in [7, 11) is 2.42. The normalized spacial score (nSPS) is 10.3. The first-order chi connectivity index (χ1) is 10.6. The van der Waals surface area contributed by atoms with E-state index in [0.717, 1.165) is 0 Å². The number of methoxy groups -OCH3 is 2. The maximum Gasteiger partial charge on any atom is 0.356 e. The molecule has 2 heterocycles. The molecule has 22 heavy (non-hydrogen) atoms. The minimum atomic E-state index is -0.692. The number of carbonyl (C=O) groups is 2. The quantitative estimate of drug-likeness (QED) is 0.753. The van der Waals surface area contributed by atoms with E-state index in [2.05, 4.69) is 24.8 Å². The van der Waals surface area contributed by atoms with Crippen LogP contribution in [0.2, 0.25) is 0 Å². The van der Waals surface area contributed by atoms with E-state index < -0.39 is 11.9 Å². The first-order valence-electron chi connectivity index (χ1n) is 6.30. The molecular formula is C13H14N4O5. The summed E-state index contributed by atoms with van der Waals surface area (Å²) in [5.74, 6) is -1.38. The van der Waals surface area contributed by atoms with Crippen LogP contribution in [0.4, 0.5) is 0 Å². The Hall–Kier alpha value is -2.81. The standard InChI is InChI=1S/C13H14N4O5/c1-21-12(19)10-5-9(6-11(14-10)13(20)22-2)17-7-8(3-4-18)15-16-17/h5-7,18H,3-4H2,1-2H3. The molecule has 0 unspecified atom stereocenters. The number of carbonyl (C=O) groups excluding carboxylic acids is 2. The number of aromatic nitrogens is 4. The number of aliphatic hydroxyl groups excluding tert-OH is 1. The number of esters is 2. The molecule has 0 aliphatic heterocycles. The van der Waals surface area contributed by atoms with Crippen LogP contribution in [-0.2, 0) is 15.9 Å². The second-order valence-corrected chi connectivity index (χ2v) is 4.21. The van der Waals surface area contributed by atoms with E-state index in [1.54, 1.807) is 6.20 Å². The van der Waals surface area contributed by atoms with Gasteiger partial charge in [-0.3, -0.25) is 0 Å². The van der Waals surface area contributed by atoms with Crippen molar-refractivity contribution >= 4 is 11.9 Å². The largest absolute Gasteiger partial charge is 0.464 e. The topological polar surface area (TPSA) is 116 Å². The number of hydrogen-bond donors (Lipinski definition) is 1. The Morgan fingerprint density at radius 1 is 1.18 bits per heavy atom. The minimum absolute atomic E-state index is 0.0559. The first-order valence-corrected chi connectivity index (χ1v) is 6.30. The van der Waals surface area contributed by atoms with Gasteiger partial charge in [-0.2, -0.15) is 0 Å². The van der Waals surface area contributed by atoms with Crippen LogP contribution in [0.5, 0.6) is 0 Å². The van der Waals surface area contributed by atoms with E-state index in [4.69, 9.17) is 5.11 Å². The van der Waals surface area contributed by atoms with Crippen molar-refractivity contribution in [3.63, 3.8) is 0 Å². The molecule has 0 bridgehead atoms. The molecule has 9 heteroatoms. The van der Waals surface area contributed by atoms with E-state index in [-0.39, 0.29) is 18.0 Å². The molecule has 0 saturated heterocycles. The summed E-state index contributed by atoms with van der Waals surface area (Å²) < 4.78 is 10.6. The average molecular weight is 306 g/mol. The Morgan fingerprint density at radius 3 is 2.27 bits per heavy atom. The highest BCUT2D eigenvalue weighted by molar-refractivity contribution is 5.92. The fourth-order valence-electron chi connectivity index (χ4n) is 1.72. The molecule has 0 atom stereocenters. The molecule has 0 fully saturated rings. The van der Waals surface area contributed by atoms with E-state index >= 15 is 0 Å². The third-order valence-corrected chi connectivity index (χ3v) is 2.77. The molecule has 9 nitrogen and oxygen atoms in total. The lowest BCUT2D eigenvalue weighted by Gasteiger charge is -2.06. The van der Waals surface area contributed by atoms with Crippen LogP contribution >= 0.6 is 0 Å². The smallest absolute Gasteiger partial charge is 0.356 e. The second kappa shape index (κ2) is 6.76. The van der Waals surface area contributed by atoms with Crippen molar-refractivity contribution in [2.75, 3.05) is 20.8 Å². The Bertz CT molecular complexity index is 663. The van der Waals surface area contributed by atoms with Gasteiger partial charge in [0.05, 0.1) is 31.8 Å². The summed E-state index contributed by atoms with van der Waals surface area (Å²) in [5.41, 5.74) is 0.852. The van der Waals surface area contributed by atoms with Crippen molar-refractivity contribution in [3.8, 4) is 5.69 Å². The number of hydrogen-bond acceptors (Lipinski definition) is 8. The average Bonchev–Trinajstić information content (AvgIpc) is 3.02. The van der Waals surface area contributed by atoms with Gasteiger partial charge in [-0.25, -0.2) is 19.3 Å². The number of rotatable bonds is 5. The summed E-state index contributed by atoms with van der Waals surface area (Å²) in [6, 6.07) is 2.82. The monoisotopic (exact) mass is 306 g/mol. The van der Waals surface area contributed by atoms with Gasteiger partial charge in [0.2, 0.25) is 0 Å². The molecule has 0 amide bonds. The number of aliphatic hydroxyl groups is 1. The van der Waals surface area contributed by atoms with E-state index in [1.807, 2.05) is 0 Å². The Kier molecular flexibility index (Phi) is 4.79. The van der Waals surface area contributed by atoms with Crippen molar-refractivity contribution in [3.05, 3.63) is 35.4 Å². The van der Waals surface area contributed by atoms with Crippen molar-refractivity contribution in [1.82, 2.24) is 20.0 Å². The fourth-order valence-corrected chi connectivity index (χ4v) is 1.72. The predicted molar refractivity (Wildman–Crippen MR) is 72.6 cm³/mol. The van der Waals surface area contributed by atoms with Gasteiger partial charge in [-0.05, 0) is 12.1 Å². The summed E-state index contributed by atoms with van der Waals surface area (Å²) in [4.78, 5) is 27.2. The molecule has 1 N–H and O–H groups in total.